The molecule has 104 valence electrons. The molecule has 0 spiro atoms. The molecule has 1 saturated heterocycles. The summed E-state index contributed by atoms with van der Waals surface area (Å²) in [5.74, 6) is 0.144. The molecule has 5 heteroatoms. The smallest absolute Gasteiger partial charge is 0.236 e. The van der Waals surface area contributed by atoms with Gasteiger partial charge in [0.1, 0.15) is 0 Å². The SMILES string of the molecule is CN1CCC(N(CCO)C(=O)CNC2CC2)CC1. The minimum Gasteiger partial charge on any atom is -0.395 e. The average molecular weight is 255 g/mol. The normalized spacial score (nSPS) is 22.1. The quantitative estimate of drug-likeness (QED) is 0.681. The van der Waals surface area contributed by atoms with Crippen LogP contribution in [0, 0.1) is 0 Å². The van der Waals surface area contributed by atoms with Crippen molar-refractivity contribution in [2.75, 3.05) is 39.8 Å². The number of piperidine rings is 1. The van der Waals surface area contributed by atoms with Gasteiger partial charge < -0.3 is 20.2 Å². The average Bonchev–Trinajstić information content (AvgIpc) is 3.18. The fourth-order valence-corrected chi connectivity index (χ4v) is 2.55. The fraction of sp³-hybridized carbons (Fsp3) is 0.923. The molecule has 2 rings (SSSR count). The first-order valence-electron chi connectivity index (χ1n) is 7.03. The third kappa shape index (κ3) is 3.93. The van der Waals surface area contributed by atoms with Gasteiger partial charge in [0.25, 0.3) is 0 Å². The Morgan fingerprint density at radius 2 is 2.00 bits per heavy atom. The molecule has 2 fully saturated rings. The van der Waals surface area contributed by atoms with E-state index in [-0.39, 0.29) is 12.5 Å². The maximum Gasteiger partial charge on any atom is 0.236 e. The number of likely N-dealkylation sites (tertiary alicyclic amines) is 1. The number of hydrogen-bond acceptors (Lipinski definition) is 4. The predicted molar refractivity (Wildman–Crippen MR) is 70.3 cm³/mol. The van der Waals surface area contributed by atoms with Crippen molar-refractivity contribution < 1.29 is 9.90 Å². The van der Waals surface area contributed by atoms with Gasteiger partial charge in [0.15, 0.2) is 0 Å². The van der Waals surface area contributed by atoms with Crippen LogP contribution >= 0.6 is 0 Å². The number of aliphatic hydroxyl groups excluding tert-OH is 1. The van der Waals surface area contributed by atoms with Crippen molar-refractivity contribution in [2.24, 2.45) is 0 Å². The molecule has 0 aromatic carbocycles. The van der Waals surface area contributed by atoms with Gasteiger partial charge in [-0.05, 0) is 45.8 Å². The highest BCUT2D eigenvalue weighted by Gasteiger charge is 2.28. The van der Waals surface area contributed by atoms with Gasteiger partial charge in [-0.15, -0.1) is 0 Å². The molecule has 0 bridgehead atoms. The lowest BCUT2D eigenvalue weighted by Gasteiger charge is -2.37. The van der Waals surface area contributed by atoms with Crippen molar-refractivity contribution in [1.29, 1.82) is 0 Å². The second kappa shape index (κ2) is 6.50. The molecule has 5 nitrogen and oxygen atoms in total. The fourth-order valence-electron chi connectivity index (χ4n) is 2.55. The lowest BCUT2D eigenvalue weighted by atomic mass is 10.0. The number of carbonyl (C=O) groups is 1. The Hall–Kier alpha value is -0.650. The van der Waals surface area contributed by atoms with Crippen LogP contribution in [0.5, 0.6) is 0 Å². The standard InChI is InChI=1S/C13H25N3O2/c1-15-6-4-12(5-7-15)16(8-9-17)13(18)10-14-11-2-3-11/h11-12,14,17H,2-10H2,1H3. The van der Waals surface area contributed by atoms with E-state index in [1.54, 1.807) is 0 Å². The highest BCUT2D eigenvalue weighted by molar-refractivity contribution is 5.78. The van der Waals surface area contributed by atoms with E-state index in [4.69, 9.17) is 5.11 Å². The number of nitrogens with zero attached hydrogens (tertiary/aromatic N) is 2. The van der Waals surface area contributed by atoms with E-state index in [0.29, 0.717) is 25.2 Å². The Morgan fingerprint density at radius 3 is 2.56 bits per heavy atom. The van der Waals surface area contributed by atoms with Crippen molar-refractivity contribution >= 4 is 5.91 Å². The summed E-state index contributed by atoms with van der Waals surface area (Å²) in [5.41, 5.74) is 0. The first-order valence-corrected chi connectivity index (χ1v) is 7.03. The Kier molecular flexibility index (Phi) is 4.97. The Labute approximate surface area is 109 Å². The predicted octanol–water partition coefficient (Wildman–Crippen LogP) is -0.346. The van der Waals surface area contributed by atoms with Crippen LogP contribution in [0.25, 0.3) is 0 Å². The highest BCUT2D eigenvalue weighted by Crippen LogP contribution is 2.19. The summed E-state index contributed by atoms with van der Waals surface area (Å²) in [6, 6.07) is 0.865. The van der Waals surface area contributed by atoms with Crippen LogP contribution in [0.3, 0.4) is 0 Å². The summed E-state index contributed by atoms with van der Waals surface area (Å²) < 4.78 is 0. The highest BCUT2D eigenvalue weighted by atomic mass is 16.3. The topological polar surface area (TPSA) is 55.8 Å². The van der Waals surface area contributed by atoms with Crippen LogP contribution in [-0.4, -0.2) is 72.7 Å². The molecule has 1 amide bonds. The number of amides is 1. The number of hydrogen-bond donors (Lipinski definition) is 2. The Balaban J connectivity index is 1.82. The summed E-state index contributed by atoms with van der Waals surface area (Å²) in [5, 5.41) is 12.4. The van der Waals surface area contributed by atoms with E-state index >= 15 is 0 Å². The van der Waals surface area contributed by atoms with Crippen LogP contribution < -0.4 is 5.32 Å². The first-order chi connectivity index (χ1) is 8.70. The van der Waals surface area contributed by atoms with Crippen molar-refractivity contribution in [1.82, 2.24) is 15.1 Å². The lowest BCUT2D eigenvalue weighted by molar-refractivity contribution is -0.134. The van der Waals surface area contributed by atoms with Crippen LogP contribution in [0.4, 0.5) is 0 Å². The Morgan fingerprint density at radius 1 is 1.33 bits per heavy atom. The van der Waals surface area contributed by atoms with Crippen molar-refractivity contribution in [3.63, 3.8) is 0 Å². The number of carbonyl (C=O) groups excluding carboxylic acids is 1. The lowest BCUT2D eigenvalue weighted by Crippen LogP contribution is -2.50. The van der Waals surface area contributed by atoms with E-state index in [2.05, 4.69) is 17.3 Å². The molecule has 0 unspecified atom stereocenters. The van der Waals surface area contributed by atoms with Gasteiger partial charge in [-0.25, -0.2) is 0 Å². The van der Waals surface area contributed by atoms with Gasteiger partial charge in [0.2, 0.25) is 5.91 Å². The van der Waals surface area contributed by atoms with Crippen molar-refractivity contribution in [2.45, 2.75) is 37.8 Å². The van der Waals surface area contributed by atoms with Crippen LogP contribution in [0.15, 0.2) is 0 Å². The van der Waals surface area contributed by atoms with E-state index in [1.807, 2.05) is 4.90 Å². The minimum atomic E-state index is 0.0571. The van der Waals surface area contributed by atoms with Crippen LogP contribution in [-0.2, 0) is 4.79 Å². The third-order valence-electron chi connectivity index (χ3n) is 3.91. The van der Waals surface area contributed by atoms with Crippen LogP contribution in [0.2, 0.25) is 0 Å². The van der Waals surface area contributed by atoms with Gasteiger partial charge >= 0.3 is 0 Å². The monoisotopic (exact) mass is 255 g/mol. The van der Waals surface area contributed by atoms with Gasteiger partial charge in [-0.1, -0.05) is 0 Å². The zero-order valence-electron chi connectivity index (χ0n) is 11.3. The second-order valence-corrected chi connectivity index (χ2v) is 5.50. The zero-order valence-corrected chi connectivity index (χ0v) is 11.3. The molecule has 1 saturated carbocycles. The summed E-state index contributed by atoms with van der Waals surface area (Å²) >= 11 is 0. The number of nitrogens with one attached hydrogen (secondary N) is 1. The maximum atomic E-state index is 12.2. The second-order valence-electron chi connectivity index (χ2n) is 5.50. The van der Waals surface area contributed by atoms with Gasteiger partial charge in [-0.2, -0.15) is 0 Å². The number of rotatable bonds is 6. The summed E-state index contributed by atoms with van der Waals surface area (Å²) in [6.07, 6.45) is 4.43. The maximum absolute atomic E-state index is 12.2. The molecule has 0 aromatic heterocycles. The van der Waals surface area contributed by atoms with Gasteiger partial charge in [0.05, 0.1) is 13.2 Å². The molecule has 0 aromatic rings. The molecule has 18 heavy (non-hydrogen) atoms. The molecule has 2 aliphatic rings. The largest absolute Gasteiger partial charge is 0.395 e. The van der Waals surface area contributed by atoms with E-state index in [9.17, 15) is 4.79 Å². The summed E-state index contributed by atoms with van der Waals surface area (Å²) in [6.45, 7) is 3.03. The molecular weight excluding hydrogens is 230 g/mol. The van der Waals surface area contributed by atoms with Crippen LogP contribution in [0.1, 0.15) is 25.7 Å². The molecule has 0 radical (unpaired) electrons. The zero-order chi connectivity index (χ0) is 13.0. The van der Waals surface area contributed by atoms with Gasteiger partial charge in [-0.3, -0.25) is 4.79 Å². The molecule has 1 aliphatic carbocycles. The van der Waals surface area contributed by atoms with Gasteiger partial charge in [0, 0.05) is 18.6 Å². The molecular formula is C13H25N3O2. The van der Waals surface area contributed by atoms with E-state index in [1.165, 1.54) is 12.8 Å². The summed E-state index contributed by atoms with van der Waals surface area (Å²) in [7, 11) is 2.11. The van der Waals surface area contributed by atoms with E-state index in [0.717, 1.165) is 25.9 Å². The van der Waals surface area contributed by atoms with Crippen molar-refractivity contribution in [3.05, 3.63) is 0 Å². The minimum absolute atomic E-state index is 0.0571. The Bertz CT molecular complexity index is 273. The molecule has 0 atom stereocenters. The molecule has 2 N–H and O–H groups in total. The molecule has 1 aliphatic heterocycles. The summed E-state index contributed by atoms with van der Waals surface area (Å²) in [4.78, 5) is 16.4. The van der Waals surface area contributed by atoms with Crippen molar-refractivity contribution in [3.8, 4) is 0 Å². The third-order valence-corrected chi connectivity index (χ3v) is 3.91. The van der Waals surface area contributed by atoms with E-state index < -0.39 is 0 Å². The molecule has 1 heterocycles. The first kappa shape index (κ1) is 13.8. The number of aliphatic hydroxyl groups is 1.